The smallest absolute Gasteiger partial charge is 0.247 e. The van der Waals surface area contributed by atoms with Gasteiger partial charge in [0, 0.05) is 29.6 Å². The summed E-state index contributed by atoms with van der Waals surface area (Å²) in [7, 11) is 0. The second kappa shape index (κ2) is 7.84. The summed E-state index contributed by atoms with van der Waals surface area (Å²) in [6.45, 7) is 1.97. The third-order valence-electron chi connectivity index (χ3n) is 5.37. The van der Waals surface area contributed by atoms with E-state index in [-0.39, 0.29) is 5.91 Å². The minimum atomic E-state index is -0.0297. The van der Waals surface area contributed by atoms with Crippen molar-refractivity contribution in [2.24, 2.45) is 5.10 Å². The van der Waals surface area contributed by atoms with E-state index in [0.717, 1.165) is 33.9 Å². The Morgan fingerprint density at radius 2 is 1.77 bits per heavy atom. The van der Waals surface area contributed by atoms with Gasteiger partial charge in [-0.2, -0.15) is 5.10 Å². The monoisotopic (exact) mass is 448 g/mol. The van der Waals surface area contributed by atoms with Crippen molar-refractivity contribution in [1.82, 2.24) is 9.38 Å². The summed E-state index contributed by atoms with van der Waals surface area (Å²) in [6.07, 6.45) is 2.82. The summed E-state index contributed by atoms with van der Waals surface area (Å²) >= 11 is 12.6. The van der Waals surface area contributed by atoms with Gasteiger partial charge in [-0.25, -0.2) is 9.99 Å². The lowest BCUT2D eigenvalue weighted by Crippen LogP contribution is -2.32. The van der Waals surface area contributed by atoms with E-state index in [1.807, 2.05) is 66.1 Å². The number of benzene rings is 2. The van der Waals surface area contributed by atoms with Crippen LogP contribution in [0.5, 0.6) is 0 Å². The third-order valence-corrected chi connectivity index (χ3v) is 5.91. The number of anilines is 1. The number of aromatic nitrogens is 2. The van der Waals surface area contributed by atoms with E-state index < -0.39 is 0 Å². The molecule has 31 heavy (non-hydrogen) atoms. The molecular weight excluding hydrogens is 431 g/mol. The number of hydrogen-bond acceptors (Lipinski definition) is 3. The summed E-state index contributed by atoms with van der Waals surface area (Å²) in [4.78, 5) is 17.6. The Morgan fingerprint density at radius 1 is 0.968 bits per heavy atom. The molecule has 0 saturated heterocycles. The molecule has 7 heteroatoms. The van der Waals surface area contributed by atoms with Crippen molar-refractivity contribution in [3.63, 3.8) is 0 Å². The van der Waals surface area contributed by atoms with Crippen molar-refractivity contribution in [1.29, 1.82) is 0 Å². The van der Waals surface area contributed by atoms with Gasteiger partial charge >= 0.3 is 0 Å². The molecule has 0 aliphatic carbocycles. The Kier molecular flexibility index (Phi) is 5.00. The average molecular weight is 449 g/mol. The van der Waals surface area contributed by atoms with Crippen LogP contribution in [0.15, 0.2) is 72.0 Å². The van der Waals surface area contributed by atoms with Crippen molar-refractivity contribution in [3.05, 3.63) is 88.2 Å². The Balaban J connectivity index is 1.73. The first-order valence-corrected chi connectivity index (χ1v) is 10.7. The molecular formula is C24H18Cl2N4O. The molecule has 0 atom stereocenters. The van der Waals surface area contributed by atoms with Gasteiger partial charge in [0.15, 0.2) is 0 Å². The van der Waals surface area contributed by atoms with Gasteiger partial charge in [-0.1, -0.05) is 47.5 Å². The topological polar surface area (TPSA) is 50.0 Å². The maximum absolute atomic E-state index is 12.7. The van der Waals surface area contributed by atoms with Gasteiger partial charge in [-0.3, -0.25) is 9.20 Å². The summed E-state index contributed by atoms with van der Waals surface area (Å²) in [6, 6.07) is 18.9. The van der Waals surface area contributed by atoms with Crippen LogP contribution in [-0.4, -0.2) is 21.0 Å². The van der Waals surface area contributed by atoms with Crippen LogP contribution in [0.1, 0.15) is 24.1 Å². The van der Waals surface area contributed by atoms with E-state index >= 15 is 0 Å². The molecule has 0 fully saturated rings. The van der Waals surface area contributed by atoms with Crippen molar-refractivity contribution < 1.29 is 4.79 Å². The number of hydrazone groups is 1. The number of fused-ring (bicyclic) bond motifs is 1. The molecule has 0 spiro atoms. The minimum Gasteiger partial charge on any atom is -0.298 e. The van der Waals surface area contributed by atoms with Crippen molar-refractivity contribution in [2.75, 3.05) is 5.01 Å². The largest absolute Gasteiger partial charge is 0.298 e. The number of aryl methyl sites for hydroxylation is 1. The predicted molar refractivity (Wildman–Crippen MR) is 125 cm³/mol. The molecule has 3 heterocycles. The third kappa shape index (κ3) is 3.50. The molecule has 0 unspecified atom stereocenters. The Bertz CT molecular complexity index is 1360. The Labute approximate surface area is 189 Å². The number of imidazole rings is 1. The highest BCUT2D eigenvalue weighted by atomic mass is 35.5. The second-order valence-electron chi connectivity index (χ2n) is 7.40. The molecule has 2 aromatic carbocycles. The van der Waals surface area contributed by atoms with Gasteiger partial charge in [-0.05, 0) is 48.9 Å². The lowest BCUT2D eigenvalue weighted by Gasteiger charge is -2.25. The Morgan fingerprint density at radius 3 is 2.58 bits per heavy atom. The summed E-state index contributed by atoms with van der Waals surface area (Å²) in [5, 5.41) is 7.37. The number of carbonyl (C=O) groups is 1. The number of rotatable bonds is 3. The standard InChI is InChI=1S/C24H18Cl2N4O/c1-15-6-2-3-7-20(15)30-22(31)12-11-19(28-30)24-23(17-10-9-16(25)14-18(17)26)27-21-8-4-5-13-29(21)24/h2-10,13-14H,11-12H2,1H3. The number of pyridine rings is 1. The quantitative estimate of drug-likeness (QED) is 0.377. The zero-order valence-corrected chi connectivity index (χ0v) is 18.2. The van der Waals surface area contributed by atoms with Crippen LogP contribution < -0.4 is 5.01 Å². The number of nitrogens with zero attached hydrogens (tertiary/aromatic N) is 4. The molecule has 2 aromatic heterocycles. The molecule has 0 radical (unpaired) electrons. The van der Waals surface area contributed by atoms with Crippen LogP contribution in [0.2, 0.25) is 10.0 Å². The Hall–Kier alpha value is -3.15. The predicted octanol–water partition coefficient (Wildman–Crippen LogP) is 6.15. The zero-order valence-electron chi connectivity index (χ0n) is 16.7. The van der Waals surface area contributed by atoms with Gasteiger partial charge in [0.05, 0.1) is 22.1 Å². The fourth-order valence-electron chi connectivity index (χ4n) is 3.85. The van der Waals surface area contributed by atoms with Crippen molar-refractivity contribution in [3.8, 4) is 11.3 Å². The van der Waals surface area contributed by atoms with E-state index in [4.69, 9.17) is 33.3 Å². The number of hydrogen-bond donors (Lipinski definition) is 0. The fraction of sp³-hybridized carbons (Fsp3) is 0.125. The summed E-state index contributed by atoms with van der Waals surface area (Å²) in [5.74, 6) is -0.0297. The molecule has 0 bridgehead atoms. The first-order valence-electron chi connectivity index (χ1n) is 9.92. The van der Waals surface area contributed by atoms with Crippen LogP contribution in [-0.2, 0) is 4.79 Å². The lowest BCUT2D eigenvalue weighted by molar-refractivity contribution is -0.118. The zero-order chi connectivity index (χ0) is 21.5. The number of para-hydroxylation sites is 1. The highest BCUT2D eigenvalue weighted by Gasteiger charge is 2.28. The first kappa shape index (κ1) is 19.8. The van der Waals surface area contributed by atoms with Gasteiger partial charge < -0.3 is 0 Å². The minimum absolute atomic E-state index is 0.0297. The lowest BCUT2D eigenvalue weighted by atomic mass is 10.0. The SMILES string of the molecule is Cc1ccccc1N1N=C(c2c(-c3ccc(Cl)cc3Cl)nc3ccccn23)CCC1=O. The van der Waals surface area contributed by atoms with Crippen molar-refractivity contribution >= 4 is 46.2 Å². The molecule has 5 rings (SSSR count). The highest BCUT2D eigenvalue weighted by Crippen LogP contribution is 2.35. The highest BCUT2D eigenvalue weighted by molar-refractivity contribution is 6.36. The molecule has 1 aliphatic heterocycles. The molecule has 0 saturated carbocycles. The van der Waals surface area contributed by atoms with Crippen LogP contribution >= 0.6 is 23.2 Å². The molecule has 154 valence electrons. The average Bonchev–Trinajstić information content (AvgIpc) is 3.14. The van der Waals surface area contributed by atoms with E-state index in [2.05, 4.69) is 0 Å². The van der Waals surface area contributed by atoms with Crippen molar-refractivity contribution in [2.45, 2.75) is 19.8 Å². The molecule has 1 aliphatic rings. The molecule has 0 N–H and O–H groups in total. The number of amides is 1. The van der Waals surface area contributed by atoms with Gasteiger partial charge in [0.1, 0.15) is 11.3 Å². The van der Waals surface area contributed by atoms with E-state index in [1.165, 1.54) is 5.01 Å². The molecule has 5 nitrogen and oxygen atoms in total. The van der Waals surface area contributed by atoms with Gasteiger partial charge in [0.2, 0.25) is 5.91 Å². The molecule has 1 amide bonds. The maximum atomic E-state index is 12.7. The fourth-order valence-corrected chi connectivity index (χ4v) is 4.35. The second-order valence-corrected chi connectivity index (χ2v) is 8.24. The van der Waals surface area contributed by atoms with Gasteiger partial charge in [0.25, 0.3) is 0 Å². The first-order chi connectivity index (χ1) is 15.0. The number of carbonyl (C=O) groups excluding carboxylic acids is 1. The summed E-state index contributed by atoms with van der Waals surface area (Å²) in [5.41, 5.74) is 5.64. The van der Waals surface area contributed by atoms with E-state index in [9.17, 15) is 4.79 Å². The van der Waals surface area contributed by atoms with E-state index in [1.54, 1.807) is 12.1 Å². The normalized spacial score (nSPS) is 14.2. The number of halogens is 2. The summed E-state index contributed by atoms with van der Waals surface area (Å²) < 4.78 is 1.99. The van der Waals surface area contributed by atoms with Crippen LogP contribution in [0.4, 0.5) is 5.69 Å². The van der Waals surface area contributed by atoms with Crippen LogP contribution in [0.25, 0.3) is 16.9 Å². The molecule has 4 aromatic rings. The van der Waals surface area contributed by atoms with Gasteiger partial charge in [-0.15, -0.1) is 0 Å². The van der Waals surface area contributed by atoms with Crippen LogP contribution in [0.3, 0.4) is 0 Å². The maximum Gasteiger partial charge on any atom is 0.247 e. The van der Waals surface area contributed by atoms with E-state index in [0.29, 0.717) is 28.6 Å². The van der Waals surface area contributed by atoms with Crippen LogP contribution in [0, 0.1) is 6.92 Å².